The van der Waals surface area contributed by atoms with E-state index in [1.807, 2.05) is 17.9 Å². The van der Waals surface area contributed by atoms with E-state index in [-0.39, 0.29) is 17.6 Å². The summed E-state index contributed by atoms with van der Waals surface area (Å²) in [7, 11) is 0. The monoisotopic (exact) mass is 435 g/mol. The smallest absolute Gasteiger partial charge is 0.293 e. The second-order valence-electron chi connectivity index (χ2n) is 8.27. The van der Waals surface area contributed by atoms with Gasteiger partial charge in [0.05, 0.1) is 12.0 Å². The van der Waals surface area contributed by atoms with Crippen molar-refractivity contribution in [1.82, 2.24) is 4.98 Å². The van der Waals surface area contributed by atoms with Gasteiger partial charge in [-0.15, -0.1) is 11.3 Å². The zero-order chi connectivity index (χ0) is 21.4. The van der Waals surface area contributed by atoms with Gasteiger partial charge in [0.1, 0.15) is 0 Å². The summed E-state index contributed by atoms with van der Waals surface area (Å²) in [5, 5.41) is 3.35. The van der Waals surface area contributed by atoms with Crippen LogP contribution in [0, 0.1) is 12.8 Å². The van der Waals surface area contributed by atoms with Crippen LogP contribution < -0.4 is 10.2 Å². The third-order valence-corrected chi connectivity index (χ3v) is 7.12. The molecule has 1 N–H and O–H groups in total. The van der Waals surface area contributed by atoms with Crippen LogP contribution in [0.15, 0.2) is 41.0 Å². The average molecular weight is 436 g/mol. The Morgan fingerprint density at radius 1 is 1.19 bits per heavy atom. The summed E-state index contributed by atoms with van der Waals surface area (Å²) in [5.41, 5.74) is 4.10. The van der Waals surface area contributed by atoms with Gasteiger partial charge in [0.15, 0.2) is 10.9 Å². The molecule has 0 unspecified atom stereocenters. The number of nitrogens with one attached hydrogen (secondary N) is 1. The Hall–Kier alpha value is -2.93. The summed E-state index contributed by atoms with van der Waals surface area (Å²) in [6.07, 6.45) is 7.96. The highest BCUT2D eigenvalue weighted by Crippen LogP contribution is 2.37. The molecule has 0 spiro atoms. The molecule has 2 aliphatic rings. The van der Waals surface area contributed by atoms with Crippen LogP contribution in [0.4, 0.5) is 10.8 Å². The molecule has 1 aliphatic heterocycles. The van der Waals surface area contributed by atoms with Crippen LogP contribution >= 0.6 is 11.3 Å². The molecule has 1 saturated carbocycles. The van der Waals surface area contributed by atoms with Crippen molar-refractivity contribution >= 4 is 34.0 Å². The Bertz CT molecular complexity index is 1110. The maximum Gasteiger partial charge on any atom is 0.293 e. The van der Waals surface area contributed by atoms with Gasteiger partial charge in [-0.3, -0.25) is 14.9 Å². The Kier molecular flexibility index (Phi) is 5.36. The van der Waals surface area contributed by atoms with E-state index in [9.17, 15) is 9.59 Å². The predicted octanol–water partition coefficient (Wildman–Crippen LogP) is 5.43. The fraction of sp³-hybridized carbons (Fsp3) is 0.375. The minimum atomic E-state index is -0.309. The van der Waals surface area contributed by atoms with Crippen LogP contribution in [-0.2, 0) is 11.2 Å². The molecule has 2 amide bonds. The minimum absolute atomic E-state index is 0.181. The average Bonchev–Trinajstić information content (AvgIpc) is 3.53. The zero-order valence-corrected chi connectivity index (χ0v) is 18.3. The number of amides is 2. The molecule has 1 aliphatic carbocycles. The molecule has 0 atom stereocenters. The molecular weight excluding hydrogens is 410 g/mol. The number of carbonyl (C=O) groups excluding carboxylic acids is 2. The number of thiazole rings is 1. The molecule has 7 heteroatoms. The fourth-order valence-electron chi connectivity index (χ4n) is 4.63. The quantitative estimate of drug-likeness (QED) is 0.593. The van der Waals surface area contributed by atoms with Gasteiger partial charge in [-0.1, -0.05) is 25.3 Å². The number of nitrogens with zero attached hydrogens (tertiary/aromatic N) is 2. The maximum absolute atomic E-state index is 13.0. The van der Waals surface area contributed by atoms with E-state index < -0.39 is 0 Å². The SMILES string of the molecule is Cc1sc(NC(=O)c2ccco2)nc1-c1ccc2c(c1)CCN2C(=O)C1CCCCC1. The molecule has 3 aromatic rings. The first-order chi connectivity index (χ1) is 15.1. The number of rotatable bonds is 4. The molecule has 1 fully saturated rings. The number of aryl methyl sites for hydroxylation is 1. The van der Waals surface area contributed by atoms with Crippen molar-refractivity contribution in [2.24, 2.45) is 5.92 Å². The Labute approximate surface area is 185 Å². The van der Waals surface area contributed by atoms with Gasteiger partial charge in [0, 0.05) is 28.6 Å². The van der Waals surface area contributed by atoms with Crippen LogP contribution in [0.25, 0.3) is 11.3 Å². The fourth-order valence-corrected chi connectivity index (χ4v) is 5.46. The number of furan rings is 1. The second kappa shape index (κ2) is 8.30. The molecule has 0 saturated heterocycles. The topological polar surface area (TPSA) is 75.4 Å². The van der Waals surface area contributed by atoms with Gasteiger partial charge < -0.3 is 9.32 Å². The molecule has 0 radical (unpaired) electrons. The van der Waals surface area contributed by atoms with Crippen LogP contribution in [0.1, 0.15) is 53.1 Å². The van der Waals surface area contributed by atoms with Gasteiger partial charge in [-0.05, 0) is 56.0 Å². The molecular formula is C24H25N3O3S. The number of carbonyl (C=O) groups is 2. The molecule has 2 aromatic heterocycles. The number of anilines is 2. The number of fused-ring (bicyclic) bond motifs is 1. The first-order valence-electron chi connectivity index (χ1n) is 10.9. The lowest BCUT2D eigenvalue weighted by Crippen LogP contribution is -2.35. The van der Waals surface area contributed by atoms with Gasteiger partial charge in [0.2, 0.25) is 5.91 Å². The zero-order valence-electron chi connectivity index (χ0n) is 17.5. The van der Waals surface area contributed by atoms with Gasteiger partial charge in [-0.2, -0.15) is 0 Å². The maximum atomic E-state index is 13.0. The molecule has 5 rings (SSSR count). The summed E-state index contributed by atoms with van der Waals surface area (Å²) < 4.78 is 5.15. The third kappa shape index (κ3) is 3.90. The van der Waals surface area contributed by atoms with Crippen molar-refractivity contribution in [3.8, 4) is 11.3 Å². The van der Waals surface area contributed by atoms with Gasteiger partial charge >= 0.3 is 0 Å². The van der Waals surface area contributed by atoms with E-state index in [1.165, 1.54) is 29.6 Å². The van der Waals surface area contributed by atoms with E-state index in [0.717, 1.165) is 60.5 Å². The highest BCUT2D eigenvalue weighted by atomic mass is 32.1. The van der Waals surface area contributed by atoms with E-state index in [2.05, 4.69) is 22.4 Å². The highest BCUT2D eigenvalue weighted by Gasteiger charge is 2.31. The molecule has 6 nitrogen and oxygen atoms in total. The summed E-state index contributed by atoms with van der Waals surface area (Å²) >= 11 is 1.44. The van der Waals surface area contributed by atoms with Gasteiger partial charge in [-0.25, -0.2) is 4.98 Å². The minimum Gasteiger partial charge on any atom is -0.459 e. The Morgan fingerprint density at radius 3 is 2.81 bits per heavy atom. The van der Waals surface area contributed by atoms with Crippen molar-refractivity contribution in [3.63, 3.8) is 0 Å². The number of aromatic nitrogens is 1. The van der Waals surface area contributed by atoms with E-state index in [4.69, 9.17) is 4.42 Å². The largest absolute Gasteiger partial charge is 0.459 e. The van der Waals surface area contributed by atoms with E-state index in [1.54, 1.807) is 12.1 Å². The second-order valence-corrected chi connectivity index (χ2v) is 9.48. The molecule has 160 valence electrons. The summed E-state index contributed by atoms with van der Waals surface area (Å²) in [6.45, 7) is 2.76. The van der Waals surface area contributed by atoms with E-state index >= 15 is 0 Å². The predicted molar refractivity (Wildman–Crippen MR) is 122 cm³/mol. The van der Waals surface area contributed by atoms with Crippen LogP contribution in [0.2, 0.25) is 0 Å². The molecule has 0 bridgehead atoms. The molecule has 1 aromatic carbocycles. The lowest BCUT2D eigenvalue weighted by Gasteiger charge is -2.26. The molecule has 3 heterocycles. The summed E-state index contributed by atoms with van der Waals surface area (Å²) in [5.74, 6) is 0.422. The standard InChI is InChI=1S/C24H25N3O3S/c1-15-21(25-24(31-15)26-22(28)20-8-5-13-30-20)18-9-10-19-17(14-18)11-12-27(19)23(29)16-6-3-2-4-7-16/h5,8-10,13-14,16H,2-4,6-7,11-12H2,1H3,(H,25,26,28). The highest BCUT2D eigenvalue weighted by molar-refractivity contribution is 7.16. The third-order valence-electron chi connectivity index (χ3n) is 6.23. The first-order valence-corrected chi connectivity index (χ1v) is 11.7. The van der Waals surface area contributed by atoms with Crippen molar-refractivity contribution in [1.29, 1.82) is 0 Å². The number of benzene rings is 1. The van der Waals surface area contributed by atoms with Crippen molar-refractivity contribution in [2.75, 3.05) is 16.8 Å². The Balaban J connectivity index is 1.35. The Morgan fingerprint density at radius 2 is 2.03 bits per heavy atom. The molecule has 31 heavy (non-hydrogen) atoms. The van der Waals surface area contributed by atoms with Crippen molar-refractivity contribution < 1.29 is 14.0 Å². The summed E-state index contributed by atoms with van der Waals surface area (Å²) in [4.78, 5) is 32.9. The van der Waals surface area contributed by atoms with Crippen molar-refractivity contribution in [2.45, 2.75) is 45.4 Å². The first kappa shape index (κ1) is 20.0. The normalized spacial score (nSPS) is 16.4. The lowest BCUT2D eigenvalue weighted by molar-refractivity contribution is -0.123. The van der Waals surface area contributed by atoms with Crippen LogP contribution in [-0.4, -0.2) is 23.3 Å². The number of hydrogen-bond donors (Lipinski definition) is 1. The van der Waals surface area contributed by atoms with E-state index in [0.29, 0.717) is 11.0 Å². The van der Waals surface area contributed by atoms with Crippen molar-refractivity contribution in [3.05, 3.63) is 52.8 Å². The van der Waals surface area contributed by atoms with Crippen LogP contribution in [0.3, 0.4) is 0 Å². The van der Waals surface area contributed by atoms with Crippen LogP contribution in [0.5, 0.6) is 0 Å². The number of hydrogen-bond acceptors (Lipinski definition) is 5. The van der Waals surface area contributed by atoms with Gasteiger partial charge in [0.25, 0.3) is 5.91 Å². The lowest BCUT2D eigenvalue weighted by atomic mass is 9.88. The summed E-state index contributed by atoms with van der Waals surface area (Å²) in [6, 6.07) is 9.53.